The molecule has 16 heavy (non-hydrogen) atoms. The normalized spacial score (nSPS) is 12.6. The van der Waals surface area contributed by atoms with Crippen molar-refractivity contribution in [2.45, 2.75) is 45.8 Å². The third-order valence-electron chi connectivity index (χ3n) is 3.37. The van der Waals surface area contributed by atoms with Gasteiger partial charge in [-0.25, -0.2) is 0 Å². The molecule has 0 aromatic heterocycles. The van der Waals surface area contributed by atoms with Crippen LogP contribution in [0.1, 0.15) is 26.3 Å². The van der Waals surface area contributed by atoms with Crippen molar-refractivity contribution in [1.29, 1.82) is 0 Å². The Morgan fingerprint density at radius 3 is 2.19 bits per heavy atom. The van der Waals surface area contributed by atoms with Gasteiger partial charge in [-0.05, 0) is 48.8 Å². The first-order chi connectivity index (χ1) is 7.13. The number of hydrogen-bond donors (Lipinski definition) is 1. The number of aryl methyl sites for hydroxylation is 1. The fraction of sp³-hybridized carbons (Fsp3) is 0.538. The van der Waals surface area contributed by atoms with E-state index in [2.05, 4.69) is 33.9 Å². The molecule has 1 rings (SSSR count). The molecule has 0 aliphatic rings. The van der Waals surface area contributed by atoms with Gasteiger partial charge in [0.05, 0.1) is 0 Å². The van der Waals surface area contributed by atoms with Crippen LogP contribution in [0.2, 0.25) is 18.1 Å². The van der Waals surface area contributed by atoms with Crippen LogP contribution in [0.5, 0.6) is 5.75 Å². The summed E-state index contributed by atoms with van der Waals surface area (Å²) in [4.78, 5) is 0. The predicted octanol–water partition coefficient (Wildman–Crippen LogP) is 3.96. The quantitative estimate of drug-likeness (QED) is 0.624. The Hall–Kier alpha value is -0.963. The fourth-order valence-corrected chi connectivity index (χ4v) is 2.30. The number of rotatable bonds is 2. The number of nitrogens with two attached hydrogens (primary N) is 1. The topological polar surface area (TPSA) is 35.2 Å². The molecule has 0 atom stereocenters. The minimum absolute atomic E-state index is 0.223. The molecule has 90 valence electrons. The molecule has 3 heteroatoms. The van der Waals surface area contributed by atoms with Crippen molar-refractivity contribution in [2.75, 3.05) is 5.73 Å². The van der Waals surface area contributed by atoms with E-state index in [1.54, 1.807) is 0 Å². The van der Waals surface area contributed by atoms with Crippen LogP contribution >= 0.6 is 0 Å². The average Bonchev–Trinajstić information content (AvgIpc) is 2.08. The number of hydrogen-bond acceptors (Lipinski definition) is 2. The molecule has 0 spiro atoms. The summed E-state index contributed by atoms with van der Waals surface area (Å²) in [6.45, 7) is 13.3. The molecule has 1 aromatic rings. The predicted molar refractivity (Wildman–Crippen MR) is 73.4 cm³/mol. The van der Waals surface area contributed by atoms with E-state index < -0.39 is 8.32 Å². The lowest BCUT2D eigenvalue weighted by Crippen LogP contribution is -2.44. The second-order valence-electron chi connectivity index (χ2n) is 5.89. The minimum Gasteiger partial charge on any atom is -0.543 e. The first-order valence-electron chi connectivity index (χ1n) is 5.68. The average molecular weight is 237 g/mol. The van der Waals surface area contributed by atoms with Gasteiger partial charge in [-0.2, -0.15) is 0 Å². The SMILES string of the molecule is Cc1cc(N)ccc1O[Si](C)(C)C(C)(C)C. The van der Waals surface area contributed by atoms with Gasteiger partial charge >= 0.3 is 0 Å². The number of nitrogen functional groups attached to an aromatic ring is 1. The highest BCUT2D eigenvalue weighted by Crippen LogP contribution is 2.38. The Morgan fingerprint density at radius 2 is 1.75 bits per heavy atom. The van der Waals surface area contributed by atoms with Crippen LogP contribution in [0, 0.1) is 6.92 Å². The van der Waals surface area contributed by atoms with Gasteiger partial charge in [0.2, 0.25) is 8.32 Å². The van der Waals surface area contributed by atoms with Crippen molar-refractivity contribution in [3.63, 3.8) is 0 Å². The van der Waals surface area contributed by atoms with Crippen molar-refractivity contribution in [3.05, 3.63) is 23.8 Å². The molecular formula is C13H23NOSi. The lowest BCUT2D eigenvalue weighted by atomic mass is 10.2. The van der Waals surface area contributed by atoms with E-state index in [-0.39, 0.29) is 5.04 Å². The fourth-order valence-electron chi connectivity index (χ4n) is 1.22. The van der Waals surface area contributed by atoms with Gasteiger partial charge in [-0.3, -0.25) is 0 Å². The van der Waals surface area contributed by atoms with Gasteiger partial charge in [0, 0.05) is 5.69 Å². The van der Waals surface area contributed by atoms with E-state index in [1.165, 1.54) is 0 Å². The van der Waals surface area contributed by atoms with E-state index in [9.17, 15) is 0 Å². The molecule has 0 saturated heterocycles. The third-order valence-corrected chi connectivity index (χ3v) is 7.71. The standard InChI is InChI=1S/C13H23NOSi/c1-10-9-11(14)7-8-12(10)15-16(5,6)13(2,3)4/h7-9H,14H2,1-6H3. The van der Waals surface area contributed by atoms with Crippen LogP contribution < -0.4 is 10.2 Å². The largest absolute Gasteiger partial charge is 0.543 e. The molecule has 0 fully saturated rings. The summed E-state index contributed by atoms with van der Waals surface area (Å²) in [5.41, 5.74) is 7.64. The molecule has 0 amide bonds. The molecule has 0 saturated carbocycles. The van der Waals surface area contributed by atoms with Crippen molar-refractivity contribution in [3.8, 4) is 5.75 Å². The molecule has 2 nitrogen and oxygen atoms in total. The first kappa shape index (κ1) is 13.1. The van der Waals surface area contributed by atoms with E-state index in [1.807, 2.05) is 25.1 Å². The van der Waals surface area contributed by atoms with E-state index >= 15 is 0 Å². The van der Waals surface area contributed by atoms with Crippen LogP contribution in [0.4, 0.5) is 5.69 Å². The van der Waals surface area contributed by atoms with Gasteiger partial charge in [0.1, 0.15) is 5.75 Å². The Morgan fingerprint density at radius 1 is 1.19 bits per heavy atom. The van der Waals surface area contributed by atoms with Crippen molar-refractivity contribution in [2.24, 2.45) is 0 Å². The first-order valence-corrected chi connectivity index (χ1v) is 8.59. The summed E-state index contributed by atoms with van der Waals surface area (Å²) >= 11 is 0. The zero-order valence-electron chi connectivity index (χ0n) is 11.2. The van der Waals surface area contributed by atoms with E-state index in [0.717, 1.165) is 17.0 Å². The van der Waals surface area contributed by atoms with E-state index in [0.29, 0.717) is 0 Å². The van der Waals surface area contributed by atoms with Crippen molar-refractivity contribution >= 4 is 14.0 Å². The molecule has 0 heterocycles. The van der Waals surface area contributed by atoms with Crippen LogP contribution in [0.15, 0.2) is 18.2 Å². The third kappa shape index (κ3) is 2.79. The van der Waals surface area contributed by atoms with Gasteiger partial charge < -0.3 is 10.2 Å². The summed E-state index contributed by atoms with van der Waals surface area (Å²) in [6.07, 6.45) is 0. The van der Waals surface area contributed by atoms with Gasteiger partial charge in [-0.1, -0.05) is 20.8 Å². The number of benzene rings is 1. The van der Waals surface area contributed by atoms with Crippen molar-refractivity contribution < 1.29 is 4.43 Å². The Labute approximate surface area is 99.9 Å². The zero-order chi connectivity index (χ0) is 12.6. The Balaban J connectivity index is 2.97. The second-order valence-corrected chi connectivity index (χ2v) is 10.6. The molecule has 0 unspecified atom stereocenters. The number of anilines is 1. The highest BCUT2D eigenvalue weighted by Gasteiger charge is 2.39. The molecule has 0 aliphatic heterocycles. The lowest BCUT2D eigenvalue weighted by molar-refractivity contribution is 0.489. The van der Waals surface area contributed by atoms with Crippen LogP contribution in [0.25, 0.3) is 0 Å². The summed E-state index contributed by atoms with van der Waals surface area (Å²) in [5, 5.41) is 0.223. The second kappa shape index (κ2) is 4.13. The summed E-state index contributed by atoms with van der Waals surface area (Å²) in [5.74, 6) is 0.973. The molecule has 0 bridgehead atoms. The van der Waals surface area contributed by atoms with Crippen LogP contribution in [-0.2, 0) is 0 Å². The minimum atomic E-state index is -1.74. The highest BCUT2D eigenvalue weighted by atomic mass is 28.4. The smallest absolute Gasteiger partial charge is 0.250 e. The highest BCUT2D eigenvalue weighted by molar-refractivity contribution is 6.74. The maximum absolute atomic E-state index is 6.24. The maximum atomic E-state index is 6.24. The lowest BCUT2D eigenvalue weighted by Gasteiger charge is -2.36. The molecule has 0 radical (unpaired) electrons. The Bertz CT molecular complexity index is 380. The molecular weight excluding hydrogens is 214 g/mol. The zero-order valence-corrected chi connectivity index (χ0v) is 12.2. The van der Waals surface area contributed by atoms with Gasteiger partial charge in [0.15, 0.2) is 0 Å². The molecule has 1 aromatic carbocycles. The molecule has 0 aliphatic carbocycles. The van der Waals surface area contributed by atoms with E-state index in [4.69, 9.17) is 10.2 Å². The van der Waals surface area contributed by atoms with Crippen LogP contribution in [0.3, 0.4) is 0 Å². The monoisotopic (exact) mass is 237 g/mol. The molecule has 2 N–H and O–H groups in total. The summed E-state index contributed by atoms with van der Waals surface area (Å²) in [6, 6.07) is 5.84. The summed E-state index contributed by atoms with van der Waals surface area (Å²) in [7, 11) is -1.74. The Kier molecular flexibility index (Phi) is 3.38. The van der Waals surface area contributed by atoms with Gasteiger partial charge in [-0.15, -0.1) is 0 Å². The maximum Gasteiger partial charge on any atom is 0.250 e. The van der Waals surface area contributed by atoms with Crippen molar-refractivity contribution in [1.82, 2.24) is 0 Å². The summed E-state index contributed by atoms with van der Waals surface area (Å²) < 4.78 is 6.24. The van der Waals surface area contributed by atoms with Gasteiger partial charge in [0.25, 0.3) is 0 Å². The van der Waals surface area contributed by atoms with Crippen LogP contribution in [-0.4, -0.2) is 8.32 Å².